The third kappa shape index (κ3) is 1.30. The Kier molecular flexibility index (Phi) is 1.87. The molecule has 0 bridgehead atoms. The van der Waals surface area contributed by atoms with Crippen molar-refractivity contribution in [3.8, 4) is 0 Å². The highest BCUT2D eigenvalue weighted by Crippen LogP contribution is 2.39. The highest BCUT2D eigenvalue weighted by Gasteiger charge is 2.31. The zero-order chi connectivity index (χ0) is 10.3. The molecule has 1 aliphatic carbocycles. The normalized spacial score (nSPS) is 15.5. The van der Waals surface area contributed by atoms with Crippen LogP contribution in [0.25, 0.3) is 0 Å². The molecule has 5 nitrogen and oxygen atoms in total. The van der Waals surface area contributed by atoms with Gasteiger partial charge in [0.05, 0.1) is 12.0 Å². The number of rotatable bonds is 2. The van der Waals surface area contributed by atoms with Crippen LogP contribution in [0.5, 0.6) is 0 Å². The first-order valence-electron chi connectivity index (χ1n) is 4.40. The Hall–Kier alpha value is -1.65. The van der Waals surface area contributed by atoms with E-state index in [1.165, 1.54) is 17.9 Å². The van der Waals surface area contributed by atoms with E-state index in [0.717, 1.165) is 12.8 Å². The van der Waals surface area contributed by atoms with Crippen LogP contribution in [-0.2, 0) is 7.05 Å². The van der Waals surface area contributed by atoms with Gasteiger partial charge in [-0.05, 0) is 12.8 Å². The van der Waals surface area contributed by atoms with E-state index in [1.54, 1.807) is 0 Å². The second-order valence-corrected chi connectivity index (χ2v) is 3.50. The molecular formula is C9H10N2O3. The number of carbonyl (C=O) groups is 1. The Bertz CT molecular complexity index is 446. The standard InChI is InChI=1S/C9H10N2O3/c1-11-4-10-7(5-2-3-5)6(8(11)12)9(13)14/h4-5H,2-3H2,1H3,(H,13,14). The van der Waals surface area contributed by atoms with Gasteiger partial charge in [0.2, 0.25) is 0 Å². The highest BCUT2D eigenvalue weighted by atomic mass is 16.4. The molecule has 1 N–H and O–H groups in total. The summed E-state index contributed by atoms with van der Waals surface area (Å²) in [5, 5.41) is 8.89. The van der Waals surface area contributed by atoms with Crippen LogP contribution in [0.3, 0.4) is 0 Å². The summed E-state index contributed by atoms with van der Waals surface area (Å²) in [4.78, 5) is 26.4. The molecule has 1 aromatic heterocycles. The summed E-state index contributed by atoms with van der Waals surface area (Å²) >= 11 is 0. The summed E-state index contributed by atoms with van der Waals surface area (Å²) < 4.78 is 1.19. The number of nitrogens with zero attached hydrogens (tertiary/aromatic N) is 2. The van der Waals surface area contributed by atoms with Crippen LogP contribution < -0.4 is 5.56 Å². The van der Waals surface area contributed by atoms with Crippen molar-refractivity contribution in [3.63, 3.8) is 0 Å². The van der Waals surface area contributed by atoms with Crippen LogP contribution >= 0.6 is 0 Å². The second-order valence-electron chi connectivity index (χ2n) is 3.50. The molecule has 1 aromatic rings. The van der Waals surface area contributed by atoms with Gasteiger partial charge in [-0.2, -0.15) is 0 Å². The Morgan fingerprint density at radius 1 is 1.64 bits per heavy atom. The van der Waals surface area contributed by atoms with Crippen LogP contribution in [0.15, 0.2) is 11.1 Å². The Balaban J connectivity index is 2.65. The van der Waals surface area contributed by atoms with E-state index >= 15 is 0 Å². The van der Waals surface area contributed by atoms with Crippen molar-refractivity contribution in [2.75, 3.05) is 0 Å². The first-order chi connectivity index (χ1) is 6.61. The van der Waals surface area contributed by atoms with Gasteiger partial charge < -0.3 is 9.67 Å². The van der Waals surface area contributed by atoms with Gasteiger partial charge in [-0.25, -0.2) is 9.78 Å². The lowest BCUT2D eigenvalue weighted by Gasteiger charge is -2.04. The predicted octanol–water partition coefficient (Wildman–Crippen LogP) is 0.356. The van der Waals surface area contributed by atoms with E-state index in [-0.39, 0.29) is 11.5 Å². The second kappa shape index (κ2) is 2.94. The predicted molar refractivity (Wildman–Crippen MR) is 48.4 cm³/mol. The Morgan fingerprint density at radius 2 is 2.29 bits per heavy atom. The number of aryl methyl sites for hydroxylation is 1. The van der Waals surface area contributed by atoms with E-state index in [2.05, 4.69) is 4.98 Å². The van der Waals surface area contributed by atoms with Gasteiger partial charge in [0.15, 0.2) is 0 Å². The van der Waals surface area contributed by atoms with Crippen molar-refractivity contribution in [2.45, 2.75) is 18.8 Å². The van der Waals surface area contributed by atoms with Gasteiger partial charge in [-0.15, -0.1) is 0 Å². The summed E-state index contributed by atoms with van der Waals surface area (Å²) in [6.07, 6.45) is 3.24. The molecule has 1 aliphatic rings. The number of carboxylic acid groups (broad SMARTS) is 1. The number of hydrogen-bond donors (Lipinski definition) is 1. The van der Waals surface area contributed by atoms with E-state index in [9.17, 15) is 9.59 Å². The summed E-state index contributed by atoms with van der Waals surface area (Å²) in [5.41, 5.74) is -0.201. The topological polar surface area (TPSA) is 72.2 Å². The van der Waals surface area contributed by atoms with Gasteiger partial charge in [0, 0.05) is 13.0 Å². The summed E-state index contributed by atoms with van der Waals surface area (Å²) in [5.74, 6) is -1.00. The van der Waals surface area contributed by atoms with E-state index in [1.807, 2.05) is 0 Å². The minimum Gasteiger partial charge on any atom is -0.477 e. The fourth-order valence-corrected chi connectivity index (χ4v) is 1.42. The van der Waals surface area contributed by atoms with Crippen molar-refractivity contribution < 1.29 is 9.90 Å². The van der Waals surface area contributed by atoms with Crippen LogP contribution in [0.4, 0.5) is 0 Å². The van der Waals surface area contributed by atoms with Gasteiger partial charge in [0.25, 0.3) is 5.56 Å². The third-order valence-electron chi connectivity index (χ3n) is 2.34. The van der Waals surface area contributed by atoms with Crippen LogP contribution in [0, 0.1) is 0 Å². The maximum atomic E-state index is 11.5. The van der Waals surface area contributed by atoms with E-state index in [4.69, 9.17) is 5.11 Å². The van der Waals surface area contributed by atoms with Crippen molar-refractivity contribution in [2.24, 2.45) is 7.05 Å². The van der Waals surface area contributed by atoms with Crippen LogP contribution in [0.1, 0.15) is 34.8 Å². The zero-order valence-electron chi connectivity index (χ0n) is 7.73. The molecule has 0 radical (unpaired) electrons. The molecule has 0 spiro atoms. The van der Waals surface area contributed by atoms with Crippen LogP contribution in [0.2, 0.25) is 0 Å². The summed E-state index contributed by atoms with van der Waals surface area (Å²) in [6, 6.07) is 0. The number of aromatic carboxylic acids is 1. The smallest absolute Gasteiger partial charge is 0.343 e. The average Bonchev–Trinajstić information content (AvgIpc) is 2.91. The monoisotopic (exact) mass is 194 g/mol. The van der Waals surface area contributed by atoms with Crippen molar-refractivity contribution in [1.29, 1.82) is 0 Å². The lowest BCUT2D eigenvalue weighted by molar-refractivity contribution is 0.0692. The molecule has 0 unspecified atom stereocenters. The SMILES string of the molecule is Cn1cnc(C2CC2)c(C(=O)O)c1=O. The zero-order valence-corrected chi connectivity index (χ0v) is 7.73. The molecule has 2 rings (SSSR count). The first kappa shape index (κ1) is 8.93. The first-order valence-corrected chi connectivity index (χ1v) is 4.40. The molecule has 5 heteroatoms. The fraction of sp³-hybridized carbons (Fsp3) is 0.444. The quantitative estimate of drug-likeness (QED) is 0.737. The van der Waals surface area contributed by atoms with Crippen molar-refractivity contribution in [3.05, 3.63) is 27.9 Å². The molecule has 1 saturated carbocycles. The number of aromatic nitrogens is 2. The minimum atomic E-state index is -1.18. The molecule has 0 aliphatic heterocycles. The van der Waals surface area contributed by atoms with Gasteiger partial charge in [-0.1, -0.05) is 0 Å². The van der Waals surface area contributed by atoms with E-state index < -0.39 is 11.5 Å². The number of hydrogen-bond acceptors (Lipinski definition) is 3. The molecule has 1 fully saturated rings. The van der Waals surface area contributed by atoms with Crippen molar-refractivity contribution in [1.82, 2.24) is 9.55 Å². The molecule has 14 heavy (non-hydrogen) atoms. The van der Waals surface area contributed by atoms with E-state index in [0.29, 0.717) is 5.69 Å². The minimum absolute atomic E-state index is 0.169. The highest BCUT2D eigenvalue weighted by molar-refractivity contribution is 5.88. The third-order valence-corrected chi connectivity index (χ3v) is 2.34. The molecule has 0 amide bonds. The molecule has 0 saturated heterocycles. The molecule has 74 valence electrons. The fourth-order valence-electron chi connectivity index (χ4n) is 1.42. The molecular weight excluding hydrogens is 184 g/mol. The molecule has 1 heterocycles. The molecule has 0 atom stereocenters. The van der Waals surface area contributed by atoms with Crippen molar-refractivity contribution >= 4 is 5.97 Å². The van der Waals surface area contributed by atoms with Crippen LogP contribution in [-0.4, -0.2) is 20.6 Å². The largest absolute Gasteiger partial charge is 0.477 e. The maximum absolute atomic E-state index is 11.5. The maximum Gasteiger partial charge on any atom is 0.343 e. The average molecular weight is 194 g/mol. The summed E-state index contributed by atoms with van der Waals surface area (Å²) in [6.45, 7) is 0. The Labute approximate surface area is 80.0 Å². The lowest BCUT2D eigenvalue weighted by Crippen LogP contribution is -2.27. The Morgan fingerprint density at radius 3 is 2.79 bits per heavy atom. The van der Waals surface area contributed by atoms with Gasteiger partial charge in [-0.3, -0.25) is 4.79 Å². The summed E-state index contributed by atoms with van der Waals surface area (Å²) in [7, 11) is 1.50. The lowest BCUT2D eigenvalue weighted by atomic mass is 10.1. The van der Waals surface area contributed by atoms with Gasteiger partial charge in [0.1, 0.15) is 5.56 Å². The van der Waals surface area contributed by atoms with Gasteiger partial charge >= 0.3 is 5.97 Å². The molecule has 0 aromatic carbocycles. The number of carboxylic acids is 1.